The van der Waals surface area contributed by atoms with Gasteiger partial charge in [-0.2, -0.15) is 4.31 Å². The normalized spacial score (nSPS) is 16.2. The van der Waals surface area contributed by atoms with Crippen LogP contribution in [0.3, 0.4) is 0 Å². The molecule has 1 fully saturated rings. The Kier molecular flexibility index (Phi) is 5.87. The highest BCUT2D eigenvalue weighted by Gasteiger charge is 2.27. The van der Waals surface area contributed by atoms with Crippen molar-refractivity contribution < 1.29 is 22.8 Å². The lowest BCUT2D eigenvalue weighted by Gasteiger charge is -2.26. The first kappa shape index (κ1) is 20.5. The summed E-state index contributed by atoms with van der Waals surface area (Å²) < 4.78 is 32.3. The van der Waals surface area contributed by atoms with Crippen molar-refractivity contribution in [2.24, 2.45) is 0 Å². The number of rotatable bonds is 7. The molecule has 1 amide bonds. The van der Waals surface area contributed by atoms with E-state index in [0.29, 0.717) is 37.3 Å². The van der Waals surface area contributed by atoms with Gasteiger partial charge in [-0.25, -0.2) is 8.42 Å². The molecule has 2 heterocycles. The van der Waals surface area contributed by atoms with Crippen molar-refractivity contribution in [1.82, 2.24) is 24.8 Å². The van der Waals surface area contributed by atoms with Crippen LogP contribution in [0.5, 0.6) is 0 Å². The predicted molar refractivity (Wildman–Crippen MR) is 101 cm³/mol. The first-order valence-corrected chi connectivity index (χ1v) is 10.5. The number of nitrogens with one attached hydrogen (secondary N) is 1. The highest BCUT2D eigenvalue weighted by atomic mass is 32.2. The van der Waals surface area contributed by atoms with Gasteiger partial charge in [0, 0.05) is 18.6 Å². The minimum absolute atomic E-state index is 0.116. The fourth-order valence-electron chi connectivity index (χ4n) is 2.69. The van der Waals surface area contributed by atoms with Gasteiger partial charge in [0.25, 0.3) is 5.91 Å². The summed E-state index contributed by atoms with van der Waals surface area (Å²) in [6, 6.07) is 4.51. The third-order valence-corrected chi connectivity index (χ3v) is 6.57. The van der Waals surface area contributed by atoms with Gasteiger partial charge in [0.1, 0.15) is 11.0 Å². The highest BCUT2D eigenvalue weighted by Crippen LogP contribution is 2.21. The summed E-state index contributed by atoms with van der Waals surface area (Å²) in [5.74, 6) is -0.299. The Bertz CT molecular complexity index is 950. The number of carbonyl (C=O) groups excluding carboxylic acids is 1. The summed E-state index contributed by atoms with van der Waals surface area (Å²) in [5, 5.41) is 10.7. The fourth-order valence-corrected chi connectivity index (χ4v) is 4.12. The van der Waals surface area contributed by atoms with E-state index in [0.717, 1.165) is 11.3 Å². The van der Waals surface area contributed by atoms with Gasteiger partial charge >= 0.3 is 0 Å². The molecule has 3 rings (SSSR count). The highest BCUT2D eigenvalue weighted by molar-refractivity contribution is 7.89. The van der Waals surface area contributed by atoms with E-state index in [4.69, 9.17) is 9.57 Å². The number of morpholine rings is 1. The molecule has 0 aliphatic carbocycles. The Morgan fingerprint density at radius 3 is 2.71 bits per heavy atom. The number of benzene rings is 1. The zero-order valence-electron chi connectivity index (χ0n) is 16.2. The maximum Gasteiger partial charge on any atom is 0.261 e. The van der Waals surface area contributed by atoms with E-state index in [9.17, 15) is 13.2 Å². The van der Waals surface area contributed by atoms with E-state index in [2.05, 4.69) is 15.6 Å². The fraction of sp³-hybridized carbons (Fsp3) is 0.588. The Morgan fingerprint density at radius 1 is 1.32 bits per heavy atom. The van der Waals surface area contributed by atoms with Gasteiger partial charge in [-0.1, -0.05) is 11.8 Å². The lowest BCUT2D eigenvalue weighted by molar-refractivity contribution is -0.128. The van der Waals surface area contributed by atoms with Crippen LogP contribution >= 0.6 is 0 Å². The van der Waals surface area contributed by atoms with E-state index >= 15 is 0 Å². The molecule has 1 aliphatic heterocycles. The quantitative estimate of drug-likeness (QED) is 0.691. The van der Waals surface area contributed by atoms with Crippen LogP contribution in [0.4, 0.5) is 0 Å². The summed E-state index contributed by atoms with van der Waals surface area (Å²) in [7, 11) is -3.66. The van der Waals surface area contributed by atoms with Gasteiger partial charge < -0.3 is 14.9 Å². The molecule has 2 aromatic rings. The van der Waals surface area contributed by atoms with Crippen molar-refractivity contribution in [1.29, 1.82) is 0 Å². The first-order chi connectivity index (χ1) is 13.2. The predicted octanol–water partition coefficient (Wildman–Crippen LogP) is 0.186. The standard InChI is InChI=1S/C17H25N5O5S/c1-4-17(2,3)18-16(23)12-27-22-15-11-13(5-6-14(15)19-20-22)28(24,25)21-7-9-26-10-8-21/h5-6,11H,4,7-10,12H2,1-3H3,(H,18,23). The number of ether oxygens (including phenoxy) is 1. The summed E-state index contributed by atoms with van der Waals surface area (Å²) in [5.41, 5.74) is 0.497. The van der Waals surface area contributed by atoms with E-state index in [-0.39, 0.29) is 22.9 Å². The second-order valence-electron chi connectivity index (χ2n) is 7.19. The number of carbonyl (C=O) groups is 1. The maximum atomic E-state index is 12.8. The van der Waals surface area contributed by atoms with Crippen LogP contribution in [0, 0.1) is 0 Å². The van der Waals surface area contributed by atoms with Crippen LogP contribution in [0.15, 0.2) is 23.1 Å². The zero-order chi connectivity index (χ0) is 20.4. The second kappa shape index (κ2) is 8.02. The number of hydrogen-bond donors (Lipinski definition) is 1. The van der Waals surface area contributed by atoms with Crippen molar-refractivity contribution in [2.75, 3.05) is 32.9 Å². The molecule has 0 radical (unpaired) electrons. The van der Waals surface area contributed by atoms with Crippen molar-refractivity contribution >= 4 is 27.0 Å². The smallest absolute Gasteiger partial charge is 0.261 e. The molecule has 28 heavy (non-hydrogen) atoms. The zero-order valence-corrected chi connectivity index (χ0v) is 17.0. The van der Waals surface area contributed by atoms with Crippen LogP contribution in [0.1, 0.15) is 27.2 Å². The van der Waals surface area contributed by atoms with Crippen molar-refractivity contribution in [2.45, 2.75) is 37.6 Å². The SMILES string of the molecule is CCC(C)(C)NC(=O)COn1nnc2ccc(S(=O)(=O)N3CCOCC3)cc21. The molecule has 0 unspecified atom stereocenters. The van der Waals surface area contributed by atoms with Gasteiger partial charge in [-0.05, 0) is 43.7 Å². The molecule has 0 atom stereocenters. The Labute approximate surface area is 163 Å². The minimum atomic E-state index is -3.66. The maximum absolute atomic E-state index is 12.8. The summed E-state index contributed by atoms with van der Waals surface area (Å²) in [6.07, 6.45) is 0.772. The Morgan fingerprint density at radius 2 is 2.04 bits per heavy atom. The van der Waals surface area contributed by atoms with E-state index in [1.165, 1.54) is 16.4 Å². The van der Waals surface area contributed by atoms with Crippen LogP contribution in [0.2, 0.25) is 0 Å². The number of sulfonamides is 1. The number of fused-ring (bicyclic) bond motifs is 1. The summed E-state index contributed by atoms with van der Waals surface area (Å²) in [6.45, 7) is 6.89. The average molecular weight is 411 g/mol. The molecule has 154 valence electrons. The topological polar surface area (TPSA) is 116 Å². The Balaban J connectivity index is 1.78. The number of hydrogen-bond acceptors (Lipinski definition) is 7. The van der Waals surface area contributed by atoms with Crippen LogP contribution in [0.25, 0.3) is 11.0 Å². The lowest BCUT2D eigenvalue weighted by atomic mass is 10.0. The molecular formula is C17H25N5O5S. The molecular weight excluding hydrogens is 386 g/mol. The van der Waals surface area contributed by atoms with E-state index in [1.54, 1.807) is 6.07 Å². The first-order valence-electron chi connectivity index (χ1n) is 9.10. The molecule has 10 nitrogen and oxygen atoms in total. The van der Waals surface area contributed by atoms with E-state index in [1.807, 2.05) is 20.8 Å². The molecule has 0 spiro atoms. The van der Waals surface area contributed by atoms with Gasteiger partial charge in [0.05, 0.1) is 18.1 Å². The Hall–Kier alpha value is -2.24. The molecule has 11 heteroatoms. The third-order valence-electron chi connectivity index (χ3n) is 4.67. The van der Waals surface area contributed by atoms with Crippen LogP contribution in [-0.4, -0.2) is 72.2 Å². The molecule has 0 bridgehead atoms. The van der Waals surface area contributed by atoms with Crippen LogP contribution < -0.4 is 10.2 Å². The summed E-state index contributed by atoms with van der Waals surface area (Å²) >= 11 is 0. The molecule has 1 aliphatic rings. The minimum Gasteiger partial charge on any atom is -0.385 e. The van der Waals surface area contributed by atoms with Gasteiger partial charge in [-0.3, -0.25) is 4.79 Å². The van der Waals surface area contributed by atoms with Crippen LogP contribution in [-0.2, 0) is 19.6 Å². The molecule has 1 N–H and O–H groups in total. The second-order valence-corrected chi connectivity index (χ2v) is 9.13. The molecule has 1 saturated heterocycles. The average Bonchev–Trinajstić information content (AvgIpc) is 3.09. The lowest BCUT2D eigenvalue weighted by Crippen LogP contribution is -2.45. The largest absolute Gasteiger partial charge is 0.385 e. The van der Waals surface area contributed by atoms with Crippen molar-refractivity contribution in [3.63, 3.8) is 0 Å². The van der Waals surface area contributed by atoms with Gasteiger partial charge in [-0.15, -0.1) is 5.10 Å². The van der Waals surface area contributed by atoms with E-state index < -0.39 is 10.0 Å². The van der Waals surface area contributed by atoms with Gasteiger partial charge in [0.2, 0.25) is 10.0 Å². The summed E-state index contributed by atoms with van der Waals surface area (Å²) in [4.78, 5) is 18.7. The number of amides is 1. The number of nitrogens with zero attached hydrogens (tertiary/aromatic N) is 4. The number of aromatic nitrogens is 3. The van der Waals surface area contributed by atoms with Gasteiger partial charge in [0.15, 0.2) is 6.61 Å². The molecule has 1 aromatic heterocycles. The molecule has 1 aromatic carbocycles. The molecule has 0 saturated carbocycles. The third kappa shape index (κ3) is 4.42. The monoisotopic (exact) mass is 411 g/mol. The van der Waals surface area contributed by atoms with Crippen molar-refractivity contribution in [3.8, 4) is 0 Å². The van der Waals surface area contributed by atoms with Crippen molar-refractivity contribution in [3.05, 3.63) is 18.2 Å².